The van der Waals surface area contributed by atoms with Crippen molar-refractivity contribution in [2.24, 2.45) is 0 Å². The molecule has 0 aliphatic heterocycles. The van der Waals surface area contributed by atoms with E-state index in [0.717, 1.165) is 0 Å². The van der Waals surface area contributed by atoms with Gasteiger partial charge in [0.2, 0.25) is 0 Å². The molecule has 0 aliphatic rings. The van der Waals surface area contributed by atoms with Gasteiger partial charge in [0.15, 0.2) is 0 Å². The largest absolute Gasteiger partial charge is 0.0623 e. The molecule has 9 heteroatoms. The van der Waals surface area contributed by atoms with Crippen LogP contribution >= 0.6 is 0 Å². The summed E-state index contributed by atoms with van der Waals surface area (Å²) in [5.74, 6) is 0. The molecule has 7 nitrogen and oxygen atoms in total. The first-order valence-electron chi connectivity index (χ1n) is 5.37. The molecule has 0 radical (unpaired) electrons. The SMILES string of the molecule is O=[Se](=O)(O)O[Se](=O)(=O)O.c1ccccc1.c1ccccc1. The fourth-order valence-electron chi connectivity index (χ4n) is 0.878. The molecule has 0 spiro atoms. The van der Waals surface area contributed by atoms with E-state index in [-0.39, 0.29) is 0 Å². The summed E-state index contributed by atoms with van der Waals surface area (Å²) in [6.45, 7) is 0. The number of benzene rings is 2. The summed E-state index contributed by atoms with van der Waals surface area (Å²) < 4.78 is 56.3. The average Bonchev–Trinajstić information content (AvgIpc) is 2.40. The summed E-state index contributed by atoms with van der Waals surface area (Å²) in [6, 6.07) is 24.0. The van der Waals surface area contributed by atoms with Crippen molar-refractivity contribution in [3.8, 4) is 0 Å². The third-order valence-corrected chi connectivity index (χ3v) is 5.98. The van der Waals surface area contributed by atoms with E-state index in [0.29, 0.717) is 0 Å². The van der Waals surface area contributed by atoms with E-state index in [2.05, 4.69) is 2.90 Å². The van der Waals surface area contributed by atoms with E-state index in [4.69, 9.17) is 8.38 Å². The molecule has 2 rings (SSSR count). The minimum atomic E-state index is -5.76. The van der Waals surface area contributed by atoms with E-state index in [1.807, 2.05) is 72.8 Å². The first kappa shape index (κ1) is 19.6. The Labute approximate surface area is 126 Å². The van der Waals surface area contributed by atoms with Crippen molar-refractivity contribution in [2.75, 3.05) is 0 Å². The van der Waals surface area contributed by atoms with E-state index < -0.39 is 26.7 Å². The van der Waals surface area contributed by atoms with Gasteiger partial charge in [0.1, 0.15) is 0 Å². The molecule has 2 N–H and O–H groups in total. The zero-order chi connectivity index (χ0) is 16.2. The van der Waals surface area contributed by atoms with Crippen molar-refractivity contribution in [1.82, 2.24) is 0 Å². The van der Waals surface area contributed by atoms with Crippen molar-refractivity contribution in [3.63, 3.8) is 0 Å². The quantitative estimate of drug-likeness (QED) is 0.684. The fourth-order valence-corrected chi connectivity index (χ4v) is 3.70. The Balaban J connectivity index is 0.000000293. The van der Waals surface area contributed by atoms with E-state index in [1.165, 1.54) is 0 Å². The van der Waals surface area contributed by atoms with Gasteiger partial charge in [0.25, 0.3) is 0 Å². The Morgan fingerprint density at radius 2 is 0.619 bits per heavy atom. The van der Waals surface area contributed by atoms with Gasteiger partial charge < -0.3 is 0 Å². The van der Waals surface area contributed by atoms with Crippen LogP contribution in [0.15, 0.2) is 72.8 Å². The Morgan fingerprint density at radius 3 is 0.667 bits per heavy atom. The molecule has 116 valence electrons. The maximum absolute atomic E-state index is 9.53. The van der Waals surface area contributed by atoms with Gasteiger partial charge in [-0.1, -0.05) is 72.8 Å². The van der Waals surface area contributed by atoms with Gasteiger partial charge in [-0.25, -0.2) is 0 Å². The van der Waals surface area contributed by atoms with Crippen LogP contribution < -0.4 is 0 Å². The molecule has 0 atom stereocenters. The van der Waals surface area contributed by atoms with Crippen LogP contribution in [0.25, 0.3) is 0 Å². The molecule has 0 bridgehead atoms. The summed E-state index contributed by atoms with van der Waals surface area (Å²) in [6.07, 6.45) is 0. The van der Waals surface area contributed by atoms with Gasteiger partial charge in [0, 0.05) is 0 Å². The van der Waals surface area contributed by atoms with E-state index >= 15 is 0 Å². The molecule has 2 aromatic carbocycles. The molecular weight excluding hydrogens is 414 g/mol. The molecule has 0 amide bonds. The standard InChI is InChI=1S/2C6H6.H2O7Se2/c2*1-2-4-6-5-3-1;1-8(2,3)7-9(4,5)6/h2*1-6H;(H,1,2,3)(H,4,5,6). The third kappa shape index (κ3) is 18.6. The predicted octanol–water partition coefficient (Wildman–Crippen LogP) is 0.954. The molecule has 2 aromatic rings. The zero-order valence-electron chi connectivity index (χ0n) is 10.7. The van der Waals surface area contributed by atoms with Crippen LogP contribution in [-0.2, 0) is 18.2 Å². The van der Waals surface area contributed by atoms with Crippen molar-refractivity contribution in [3.05, 3.63) is 72.8 Å². The Hall–Kier alpha value is -1.44. The van der Waals surface area contributed by atoms with E-state index in [9.17, 15) is 15.3 Å². The Bertz CT molecular complexity index is 553. The van der Waals surface area contributed by atoms with Crippen LogP contribution in [0.5, 0.6) is 0 Å². The third-order valence-electron chi connectivity index (χ3n) is 1.51. The molecule has 0 heterocycles. The van der Waals surface area contributed by atoms with Crippen LogP contribution in [0.1, 0.15) is 0 Å². The topological polar surface area (TPSA) is 118 Å². The summed E-state index contributed by atoms with van der Waals surface area (Å²) in [5, 5.41) is 0. The molecule has 0 fully saturated rings. The molecule has 0 unspecified atom stereocenters. The normalized spacial score (nSPS) is 10.4. The van der Waals surface area contributed by atoms with E-state index in [1.54, 1.807) is 0 Å². The smallest absolute Gasteiger partial charge is 0.0623 e. The number of hydrogen-bond donors (Lipinski definition) is 2. The van der Waals surface area contributed by atoms with Crippen LogP contribution in [-0.4, -0.2) is 35.1 Å². The summed E-state index contributed by atoms with van der Waals surface area (Å²) >= 11 is -11.5. The molecule has 21 heavy (non-hydrogen) atoms. The maximum atomic E-state index is 9.53. The molecular formula is C12H14O7Se2. The van der Waals surface area contributed by atoms with Crippen molar-refractivity contribution < 1.29 is 26.6 Å². The number of hydrogen-bond acceptors (Lipinski definition) is 5. The molecule has 0 saturated carbocycles. The summed E-state index contributed by atoms with van der Waals surface area (Å²) in [4.78, 5) is 0. The van der Waals surface area contributed by atoms with Gasteiger partial charge in [0.05, 0.1) is 0 Å². The second-order valence-electron chi connectivity index (χ2n) is 3.23. The monoisotopic (exact) mass is 430 g/mol. The first-order chi connectivity index (χ1) is 9.71. The van der Waals surface area contributed by atoms with Gasteiger partial charge in [-0.15, -0.1) is 0 Å². The van der Waals surface area contributed by atoms with Gasteiger partial charge in [-0.2, -0.15) is 0 Å². The number of rotatable bonds is 2. The summed E-state index contributed by atoms with van der Waals surface area (Å²) in [5.41, 5.74) is 0. The van der Waals surface area contributed by atoms with Gasteiger partial charge in [-0.05, 0) is 0 Å². The average molecular weight is 428 g/mol. The molecule has 0 aromatic heterocycles. The molecule has 0 saturated heterocycles. The zero-order valence-corrected chi connectivity index (χ0v) is 14.1. The van der Waals surface area contributed by atoms with Crippen LogP contribution in [0.3, 0.4) is 0 Å². The minimum Gasteiger partial charge on any atom is -0.0623 e. The fraction of sp³-hybridized carbons (Fsp3) is 0. The van der Waals surface area contributed by atoms with Crippen LogP contribution in [0.4, 0.5) is 0 Å². The predicted molar refractivity (Wildman–Crippen MR) is 72.7 cm³/mol. The van der Waals surface area contributed by atoms with Crippen molar-refractivity contribution >= 4 is 26.7 Å². The second kappa shape index (κ2) is 10.3. The first-order valence-corrected chi connectivity index (χ1v) is 11.1. The minimum absolute atomic E-state index is 2.00. The van der Waals surface area contributed by atoms with Crippen molar-refractivity contribution in [2.45, 2.75) is 0 Å². The van der Waals surface area contributed by atoms with Crippen molar-refractivity contribution in [1.29, 1.82) is 0 Å². The maximum Gasteiger partial charge on any atom is -0.0623 e. The van der Waals surface area contributed by atoms with Gasteiger partial charge >= 0.3 is 53.4 Å². The van der Waals surface area contributed by atoms with Crippen LogP contribution in [0.2, 0.25) is 0 Å². The second-order valence-corrected chi connectivity index (χ2v) is 8.59. The Kier molecular flexibility index (Phi) is 9.60. The Morgan fingerprint density at radius 1 is 0.476 bits per heavy atom. The van der Waals surface area contributed by atoms with Gasteiger partial charge in [-0.3, -0.25) is 0 Å². The molecule has 0 aliphatic carbocycles. The summed E-state index contributed by atoms with van der Waals surface area (Å²) in [7, 11) is 0. The van der Waals surface area contributed by atoms with Crippen LogP contribution in [0, 0.1) is 0 Å².